The molecule has 0 saturated heterocycles. The van der Waals surface area contributed by atoms with Gasteiger partial charge in [-0.25, -0.2) is 8.78 Å². The molecule has 0 saturated carbocycles. The van der Waals surface area contributed by atoms with Crippen molar-refractivity contribution in [2.75, 3.05) is 5.73 Å². The molecule has 0 aliphatic carbocycles. The van der Waals surface area contributed by atoms with Gasteiger partial charge in [-0.1, -0.05) is 0 Å². The highest BCUT2D eigenvalue weighted by Gasteiger charge is 2.18. The van der Waals surface area contributed by atoms with Crippen LogP contribution in [0.5, 0.6) is 0 Å². The molecule has 0 fully saturated rings. The molecule has 3 rings (SSSR count). The summed E-state index contributed by atoms with van der Waals surface area (Å²) in [5, 5.41) is 6.65. The molecule has 0 aliphatic heterocycles. The van der Waals surface area contributed by atoms with E-state index < -0.39 is 11.6 Å². The number of aryl methyl sites for hydroxylation is 1. The Balaban J connectivity index is 2.24. The minimum Gasteiger partial charge on any atom is -0.382 e. The predicted octanol–water partition coefficient (Wildman–Crippen LogP) is 3.31. The molecule has 4 nitrogen and oxygen atoms in total. The third kappa shape index (κ3) is 2.24. The molecule has 0 atom stereocenters. The minimum absolute atomic E-state index is 0.227. The summed E-state index contributed by atoms with van der Waals surface area (Å²) in [6.07, 6.45) is 3.22. The first-order valence-electron chi connectivity index (χ1n) is 6.28. The lowest BCUT2D eigenvalue weighted by molar-refractivity contribution is 0.579. The summed E-state index contributed by atoms with van der Waals surface area (Å²) in [5.41, 5.74) is 8.19. The van der Waals surface area contributed by atoms with E-state index in [1.807, 2.05) is 0 Å². The first-order valence-corrected chi connectivity index (χ1v) is 6.28. The number of halogens is 2. The number of nitrogens with zero attached hydrogens (tertiary/aromatic N) is 2. The van der Waals surface area contributed by atoms with E-state index in [0.717, 1.165) is 11.6 Å². The van der Waals surface area contributed by atoms with Crippen LogP contribution >= 0.6 is 0 Å². The normalized spacial score (nSPS) is 10.8. The topological polar surface area (TPSA) is 67.6 Å². The van der Waals surface area contributed by atoms with Gasteiger partial charge >= 0.3 is 0 Å². The van der Waals surface area contributed by atoms with Gasteiger partial charge in [0.05, 0.1) is 11.3 Å². The number of nitrogens with two attached hydrogens (primary N) is 1. The van der Waals surface area contributed by atoms with Crippen molar-refractivity contribution in [3.8, 4) is 22.4 Å². The largest absolute Gasteiger partial charge is 0.382 e. The van der Waals surface area contributed by atoms with Crippen LogP contribution in [-0.4, -0.2) is 15.2 Å². The van der Waals surface area contributed by atoms with Crippen LogP contribution in [0.25, 0.3) is 22.4 Å². The number of nitrogen functional groups attached to an aromatic ring is 1. The number of benzene rings is 1. The molecular formula is C15H12F2N4. The van der Waals surface area contributed by atoms with E-state index >= 15 is 0 Å². The number of rotatable bonds is 2. The Morgan fingerprint density at radius 2 is 1.81 bits per heavy atom. The summed E-state index contributed by atoms with van der Waals surface area (Å²) >= 11 is 0. The summed E-state index contributed by atoms with van der Waals surface area (Å²) < 4.78 is 27.5. The number of H-pyrrole nitrogens is 1. The van der Waals surface area contributed by atoms with Crippen LogP contribution in [0, 0.1) is 18.6 Å². The van der Waals surface area contributed by atoms with Crippen molar-refractivity contribution in [2.24, 2.45) is 0 Å². The van der Waals surface area contributed by atoms with Crippen LogP contribution in [0.15, 0.2) is 36.7 Å². The number of anilines is 1. The monoisotopic (exact) mass is 286 g/mol. The van der Waals surface area contributed by atoms with E-state index in [1.54, 1.807) is 31.5 Å². The van der Waals surface area contributed by atoms with Gasteiger partial charge in [0.25, 0.3) is 0 Å². The van der Waals surface area contributed by atoms with E-state index in [4.69, 9.17) is 5.73 Å². The fraction of sp³-hybridized carbons (Fsp3) is 0.0667. The van der Waals surface area contributed by atoms with Crippen molar-refractivity contribution in [2.45, 2.75) is 6.92 Å². The smallest absolute Gasteiger partial charge is 0.153 e. The molecule has 0 bridgehead atoms. The molecular weight excluding hydrogens is 274 g/mol. The van der Waals surface area contributed by atoms with Gasteiger partial charge in [-0.2, -0.15) is 5.10 Å². The quantitative estimate of drug-likeness (QED) is 0.759. The highest BCUT2D eigenvalue weighted by Crippen LogP contribution is 2.36. The Kier molecular flexibility index (Phi) is 3.13. The third-order valence-corrected chi connectivity index (χ3v) is 3.28. The summed E-state index contributed by atoms with van der Waals surface area (Å²) in [5.74, 6) is -1.01. The molecule has 106 valence electrons. The Bertz CT molecular complexity index is 797. The van der Waals surface area contributed by atoms with E-state index in [9.17, 15) is 8.78 Å². The third-order valence-electron chi connectivity index (χ3n) is 3.28. The van der Waals surface area contributed by atoms with Gasteiger partial charge < -0.3 is 5.73 Å². The molecule has 1 aromatic carbocycles. The molecule has 21 heavy (non-hydrogen) atoms. The Hall–Kier alpha value is -2.76. The van der Waals surface area contributed by atoms with Gasteiger partial charge in [-0.3, -0.25) is 10.1 Å². The fourth-order valence-electron chi connectivity index (χ4n) is 2.21. The second-order valence-electron chi connectivity index (χ2n) is 4.68. The summed E-state index contributed by atoms with van der Waals surface area (Å²) in [6.45, 7) is 1.57. The minimum atomic E-state index is -0.669. The van der Waals surface area contributed by atoms with Crippen molar-refractivity contribution in [3.05, 3.63) is 53.9 Å². The predicted molar refractivity (Wildman–Crippen MR) is 76.3 cm³/mol. The molecule has 2 aromatic heterocycles. The van der Waals surface area contributed by atoms with Crippen LogP contribution in [0.1, 0.15) is 5.56 Å². The van der Waals surface area contributed by atoms with Crippen LogP contribution in [-0.2, 0) is 0 Å². The molecule has 0 unspecified atom stereocenters. The molecule has 0 radical (unpaired) electrons. The number of nitrogens with one attached hydrogen (secondary N) is 1. The molecule has 3 N–H and O–H groups in total. The first-order chi connectivity index (χ1) is 10.1. The zero-order valence-electron chi connectivity index (χ0n) is 11.2. The number of pyridine rings is 1. The highest BCUT2D eigenvalue weighted by molar-refractivity contribution is 5.87. The van der Waals surface area contributed by atoms with Crippen molar-refractivity contribution in [3.63, 3.8) is 0 Å². The van der Waals surface area contributed by atoms with E-state index in [0.29, 0.717) is 16.8 Å². The molecule has 6 heteroatoms. The Morgan fingerprint density at radius 1 is 1.10 bits per heavy atom. The lowest BCUT2D eigenvalue weighted by Crippen LogP contribution is -1.93. The second kappa shape index (κ2) is 4.97. The second-order valence-corrected chi connectivity index (χ2v) is 4.68. The number of hydrogen-bond donors (Lipinski definition) is 2. The maximum atomic E-state index is 14.1. The number of aromatic amines is 1. The van der Waals surface area contributed by atoms with Crippen molar-refractivity contribution < 1.29 is 8.78 Å². The zero-order valence-corrected chi connectivity index (χ0v) is 11.2. The van der Waals surface area contributed by atoms with E-state index in [2.05, 4.69) is 15.2 Å². The van der Waals surface area contributed by atoms with E-state index in [1.165, 1.54) is 6.07 Å². The summed E-state index contributed by atoms with van der Waals surface area (Å²) in [6, 6.07) is 5.79. The van der Waals surface area contributed by atoms with Crippen molar-refractivity contribution in [1.82, 2.24) is 15.2 Å². The molecule has 0 aliphatic rings. The Morgan fingerprint density at radius 3 is 2.52 bits per heavy atom. The first kappa shape index (κ1) is 13.2. The molecule has 3 aromatic rings. The van der Waals surface area contributed by atoms with Crippen molar-refractivity contribution in [1.29, 1.82) is 0 Å². The van der Waals surface area contributed by atoms with Gasteiger partial charge in [-0.05, 0) is 36.2 Å². The average molecular weight is 286 g/mol. The lowest BCUT2D eigenvalue weighted by atomic mass is 10.00. The lowest BCUT2D eigenvalue weighted by Gasteiger charge is -2.07. The van der Waals surface area contributed by atoms with Crippen LogP contribution in [0.3, 0.4) is 0 Å². The van der Waals surface area contributed by atoms with Crippen LogP contribution in [0.4, 0.5) is 14.6 Å². The standard InChI is InChI=1S/C15H12F2N4/c1-8-6-10(12(17)7-11(8)16)14-13(15(18)21-20-14)9-2-4-19-5-3-9/h2-7H,1H3,(H3,18,20,21). The van der Waals surface area contributed by atoms with Crippen LogP contribution in [0.2, 0.25) is 0 Å². The molecule has 2 heterocycles. The average Bonchev–Trinajstić information content (AvgIpc) is 2.85. The highest BCUT2D eigenvalue weighted by atomic mass is 19.1. The van der Waals surface area contributed by atoms with Gasteiger partial charge in [0, 0.05) is 24.0 Å². The van der Waals surface area contributed by atoms with Crippen LogP contribution < -0.4 is 5.73 Å². The molecule has 0 amide bonds. The van der Waals surface area contributed by atoms with Crippen molar-refractivity contribution >= 4 is 5.82 Å². The number of hydrogen-bond acceptors (Lipinski definition) is 3. The van der Waals surface area contributed by atoms with Gasteiger partial charge in [0.1, 0.15) is 11.6 Å². The summed E-state index contributed by atoms with van der Waals surface area (Å²) in [7, 11) is 0. The van der Waals surface area contributed by atoms with Gasteiger partial charge in [0.2, 0.25) is 0 Å². The number of aromatic nitrogens is 3. The van der Waals surface area contributed by atoms with E-state index in [-0.39, 0.29) is 11.4 Å². The fourth-order valence-corrected chi connectivity index (χ4v) is 2.21. The maximum Gasteiger partial charge on any atom is 0.153 e. The van der Waals surface area contributed by atoms with Gasteiger partial charge in [-0.15, -0.1) is 0 Å². The SMILES string of the molecule is Cc1cc(-c2[nH]nc(N)c2-c2ccncc2)c(F)cc1F. The maximum absolute atomic E-state index is 14.1. The summed E-state index contributed by atoms with van der Waals surface area (Å²) in [4.78, 5) is 3.94. The Labute approximate surface area is 119 Å². The molecule has 0 spiro atoms. The van der Waals surface area contributed by atoms with Gasteiger partial charge in [0.15, 0.2) is 5.82 Å². The zero-order chi connectivity index (χ0) is 15.0.